The van der Waals surface area contributed by atoms with E-state index in [9.17, 15) is 4.79 Å². The van der Waals surface area contributed by atoms with E-state index in [1.165, 1.54) is 28.8 Å². The Hall–Kier alpha value is -8.02. The van der Waals surface area contributed by atoms with E-state index >= 15 is 0 Å². The third-order valence-electron chi connectivity index (χ3n) is 18.1. The number of hydrogen-bond acceptors (Lipinski definition) is 14. The maximum absolute atomic E-state index is 11.9. The quantitative estimate of drug-likeness (QED) is 0.0365. The van der Waals surface area contributed by atoms with E-state index in [4.69, 9.17) is 42.6 Å². The number of hydrogen-bond donors (Lipinski definition) is 1. The molecular formula is C79H109N5O10Si. The standard InChI is InChI=1S/C22H25NO4.C19H21NO3.C12H19NOSi.C10H10O2.C8H17N.C4H9N.C4H8/c1-14(24)11-23-12-19(17-6-9-20-21(10-17)27-13-26-20)15(2)22(23)16-4-7-18(25-3)8-5-16;1-12-16(14-5-8-17-18(9-14)23-11-22-17)10-20-19(12)13-3-6-15(21-2)7-4-13;1-14-12-7-5-11(6-8-12)9-13-10-15(2,3)4;1-2-3-8-4-5-9-10(6-8)12-7-11-9;1-6-5-9(4)8(3)7(6)2;1-4-5(2)3;1-3-4-2/h4-10,15,19,22H,11-13H2,1-3H3;3-9,12,16,19-20H,10-11H2,1-2H3;5-9H,10H2,1-4H3;2-6H,7H2,1H3;6-8H,5H2,1-4H3;4H,2H2,1,3H3;3-4H,1-2H3/b;;;3-2+;;;. The molecule has 1 N–H and O–H groups in total. The number of likely N-dealkylation sites (tertiary alicyclic amines) is 2. The summed E-state index contributed by atoms with van der Waals surface area (Å²) in [7, 11) is 8.09. The first kappa shape index (κ1) is 76.0. The molecule has 3 fully saturated rings. The molecule has 95 heavy (non-hydrogen) atoms. The minimum absolute atomic E-state index is 0.187. The van der Waals surface area contributed by atoms with Crippen molar-refractivity contribution in [3.63, 3.8) is 0 Å². The number of ether oxygens (including phenoxy) is 9. The molecule has 0 radical (unpaired) electrons. The number of Topliss-reactive ketones (excluding diaryl/α,β-unsaturated/α-hetero) is 1. The zero-order valence-electron chi connectivity index (χ0n) is 60.0. The molecule has 6 aromatic carbocycles. The molecule has 0 aromatic heterocycles. The first-order valence-corrected chi connectivity index (χ1v) is 37.1. The zero-order valence-corrected chi connectivity index (χ0v) is 61.0. The van der Waals surface area contributed by atoms with E-state index in [-0.39, 0.29) is 18.6 Å². The Morgan fingerprint density at radius 2 is 1.05 bits per heavy atom. The van der Waals surface area contributed by atoms with E-state index in [0.29, 0.717) is 49.8 Å². The van der Waals surface area contributed by atoms with Gasteiger partial charge in [-0.05, 0) is 197 Å². The largest absolute Gasteiger partial charge is 0.497 e. The van der Waals surface area contributed by atoms with Gasteiger partial charge in [0.1, 0.15) is 30.1 Å². The number of carbonyl (C=O) groups is 1. The van der Waals surface area contributed by atoms with Gasteiger partial charge < -0.3 is 57.4 Å². The third-order valence-corrected chi connectivity index (χ3v) is 19.2. The SMILES string of the molecule is C/C=C/c1ccc2c(c1)OCO2.C=[N+](C)[CH-]C.CC1CN(C)C(C)C1C.CC=CC.COc1ccc(C2C(C)C(c3ccc4c(c3)OCO4)CN2CC(C)=O)cc1.COc1ccc(C2NCC(c3ccc4c(c3)OCO4)C2C)cc1.COc1ccc(C=NC[Si](C)(C)C)cc1. The lowest BCUT2D eigenvalue weighted by Crippen LogP contribution is -2.29. The molecule has 6 aliphatic heterocycles. The predicted octanol–water partition coefficient (Wildman–Crippen LogP) is 16.4. The highest BCUT2D eigenvalue weighted by atomic mass is 28.3. The summed E-state index contributed by atoms with van der Waals surface area (Å²) in [5, 5.41) is 3.66. The van der Waals surface area contributed by atoms with Crippen molar-refractivity contribution in [2.24, 2.45) is 28.7 Å². The third kappa shape index (κ3) is 22.8. The Labute approximate surface area is 570 Å². The molecule has 16 heteroatoms. The van der Waals surface area contributed by atoms with E-state index < -0.39 is 8.07 Å². The molecule has 514 valence electrons. The summed E-state index contributed by atoms with van der Waals surface area (Å²) < 4.78 is 49.7. The van der Waals surface area contributed by atoms with Gasteiger partial charge in [-0.25, -0.2) is 0 Å². The minimum atomic E-state index is -1.05. The summed E-state index contributed by atoms with van der Waals surface area (Å²) in [5.74, 6) is 11.2. The van der Waals surface area contributed by atoms with Crippen molar-refractivity contribution in [2.75, 3.05) is 88.2 Å². The molecule has 0 aliphatic carbocycles. The monoisotopic (exact) mass is 1320 g/mol. The molecule has 12 rings (SSSR count). The highest BCUT2D eigenvalue weighted by molar-refractivity contribution is 6.76. The summed E-state index contributed by atoms with van der Waals surface area (Å²) >= 11 is 0. The Morgan fingerprint density at radius 3 is 1.47 bits per heavy atom. The van der Waals surface area contributed by atoms with Crippen LogP contribution in [0.3, 0.4) is 0 Å². The Bertz CT molecular complexity index is 3390. The van der Waals surface area contributed by atoms with Gasteiger partial charge in [-0.2, -0.15) is 0 Å². The van der Waals surface area contributed by atoms with Crippen LogP contribution in [0.2, 0.25) is 19.6 Å². The maximum Gasteiger partial charge on any atom is 0.231 e. The summed E-state index contributed by atoms with van der Waals surface area (Å²) in [5.41, 5.74) is 7.34. The lowest BCUT2D eigenvalue weighted by Gasteiger charge is -2.26. The van der Waals surface area contributed by atoms with Crippen molar-refractivity contribution in [3.05, 3.63) is 186 Å². The van der Waals surface area contributed by atoms with Gasteiger partial charge in [-0.3, -0.25) is 14.7 Å². The fourth-order valence-corrected chi connectivity index (χ4v) is 12.7. The average Bonchev–Trinajstić information content (AvgIpc) is 1.64. The summed E-state index contributed by atoms with van der Waals surface area (Å²) in [4.78, 5) is 21.1. The van der Waals surface area contributed by atoms with E-state index in [0.717, 1.165) is 100 Å². The average molecular weight is 1320 g/mol. The van der Waals surface area contributed by atoms with E-state index in [1.807, 2.05) is 151 Å². The van der Waals surface area contributed by atoms with Gasteiger partial charge in [0, 0.05) is 62.0 Å². The van der Waals surface area contributed by atoms with Crippen molar-refractivity contribution < 1.29 is 52.0 Å². The fourth-order valence-electron chi connectivity index (χ4n) is 12.0. The van der Waals surface area contributed by atoms with Crippen LogP contribution in [0.15, 0.2) is 151 Å². The van der Waals surface area contributed by atoms with Gasteiger partial charge in [0.2, 0.25) is 20.4 Å². The number of aliphatic imine (C=N–C) groups is 1. The first-order valence-electron chi connectivity index (χ1n) is 33.4. The molecule has 0 saturated carbocycles. The second-order valence-corrected chi connectivity index (χ2v) is 31.7. The molecule has 9 unspecified atom stereocenters. The lowest BCUT2D eigenvalue weighted by molar-refractivity contribution is -0.443. The van der Waals surface area contributed by atoms with Crippen molar-refractivity contribution in [3.8, 4) is 51.7 Å². The first-order chi connectivity index (χ1) is 45.5. The van der Waals surface area contributed by atoms with Crippen LogP contribution < -0.4 is 47.9 Å². The Balaban J connectivity index is 0.000000190. The predicted molar refractivity (Wildman–Crippen MR) is 391 cm³/mol. The Kier molecular flexibility index (Phi) is 30.3. The number of allylic oxidation sites excluding steroid dienone is 3. The van der Waals surface area contributed by atoms with Crippen LogP contribution in [0.1, 0.15) is 127 Å². The molecule has 6 aliphatic rings. The molecule has 15 nitrogen and oxygen atoms in total. The van der Waals surface area contributed by atoms with Crippen molar-refractivity contribution in [1.82, 2.24) is 15.1 Å². The minimum Gasteiger partial charge on any atom is -0.497 e. The summed E-state index contributed by atoms with van der Waals surface area (Å²) in [6.45, 7) is 38.0. The normalized spacial score (nSPS) is 21.9. The highest BCUT2D eigenvalue weighted by Crippen LogP contribution is 2.48. The molecule has 0 amide bonds. The molecule has 6 heterocycles. The number of rotatable bonds is 14. The van der Waals surface area contributed by atoms with Crippen LogP contribution in [0, 0.1) is 30.2 Å². The van der Waals surface area contributed by atoms with Crippen molar-refractivity contribution in [2.45, 2.75) is 119 Å². The van der Waals surface area contributed by atoms with Gasteiger partial charge in [-0.1, -0.05) is 121 Å². The van der Waals surface area contributed by atoms with Crippen molar-refractivity contribution in [1.29, 1.82) is 0 Å². The number of nitrogens with one attached hydrogen (secondary N) is 1. The number of fused-ring (bicyclic) bond motifs is 3. The van der Waals surface area contributed by atoms with Crippen LogP contribution in [-0.4, -0.2) is 135 Å². The number of benzene rings is 6. The van der Waals surface area contributed by atoms with Crippen LogP contribution in [0.5, 0.6) is 51.7 Å². The van der Waals surface area contributed by atoms with E-state index in [2.05, 4.69) is 137 Å². The van der Waals surface area contributed by atoms with Gasteiger partial charge in [0.15, 0.2) is 34.5 Å². The molecule has 0 spiro atoms. The van der Waals surface area contributed by atoms with Gasteiger partial charge >= 0.3 is 0 Å². The molecule has 9 atom stereocenters. The second-order valence-electron chi connectivity index (χ2n) is 26.3. The van der Waals surface area contributed by atoms with Crippen LogP contribution in [0.25, 0.3) is 6.08 Å². The Morgan fingerprint density at radius 1 is 0.611 bits per heavy atom. The topological polar surface area (TPSA) is 134 Å². The molecule has 0 bridgehead atoms. The highest BCUT2D eigenvalue weighted by Gasteiger charge is 2.41. The number of methoxy groups -OCH3 is 3. The fraction of sp³-hybridized carbons (Fsp3) is 0.443. The molecule has 6 aromatic rings. The van der Waals surface area contributed by atoms with E-state index in [1.54, 1.807) is 32.8 Å². The second kappa shape index (κ2) is 37.9. The zero-order chi connectivity index (χ0) is 69.2. The van der Waals surface area contributed by atoms with Gasteiger partial charge in [0.25, 0.3) is 0 Å². The number of carbonyl (C=O) groups excluding carboxylic acids is 1. The number of ketones is 1. The molecule has 3 saturated heterocycles. The van der Waals surface area contributed by atoms with Crippen molar-refractivity contribution >= 4 is 32.9 Å². The van der Waals surface area contributed by atoms with Gasteiger partial charge in [0.05, 0.1) is 35.9 Å². The maximum atomic E-state index is 11.9. The lowest BCUT2D eigenvalue weighted by atomic mass is 9.84. The number of nitrogens with zero attached hydrogens (tertiary/aromatic N) is 4. The summed E-state index contributed by atoms with van der Waals surface area (Å²) in [6, 6.07) is 44.2. The molecular weight excluding hydrogens is 1210 g/mol. The van der Waals surface area contributed by atoms with Crippen LogP contribution in [-0.2, 0) is 4.79 Å². The summed E-state index contributed by atoms with van der Waals surface area (Å²) in [6.07, 6.45) is 11.0. The smallest absolute Gasteiger partial charge is 0.231 e. The van der Waals surface area contributed by atoms with Crippen LogP contribution in [0.4, 0.5) is 0 Å². The van der Waals surface area contributed by atoms with Gasteiger partial charge in [-0.15, -0.1) is 0 Å². The van der Waals surface area contributed by atoms with Crippen LogP contribution >= 0.6 is 0 Å².